The van der Waals surface area contributed by atoms with E-state index in [9.17, 15) is 5.11 Å². The van der Waals surface area contributed by atoms with Crippen LogP contribution in [0, 0.1) is 18.8 Å². The van der Waals surface area contributed by atoms with Gasteiger partial charge in [0.15, 0.2) is 0 Å². The van der Waals surface area contributed by atoms with Gasteiger partial charge in [-0.15, -0.1) is 0 Å². The molecule has 4 unspecified atom stereocenters. The molecule has 2 aliphatic rings. The second kappa shape index (κ2) is 4.28. The molecule has 0 amide bonds. The van der Waals surface area contributed by atoms with Gasteiger partial charge in [0.2, 0.25) is 0 Å². The third-order valence-electron chi connectivity index (χ3n) is 4.08. The maximum absolute atomic E-state index is 10.1. The van der Waals surface area contributed by atoms with Crippen LogP contribution < -0.4 is 5.32 Å². The highest BCUT2D eigenvalue weighted by Crippen LogP contribution is 2.39. The minimum Gasteiger partial charge on any atom is -0.391 e. The summed E-state index contributed by atoms with van der Waals surface area (Å²) in [5.41, 5.74) is 2.58. The first kappa shape index (κ1) is 11.0. The van der Waals surface area contributed by atoms with Crippen molar-refractivity contribution >= 4 is 0 Å². The van der Waals surface area contributed by atoms with E-state index < -0.39 is 0 Å². The zero-order chi connectivity index (χ0) is 11.8. The number of aliphatic hydroxyl groups is 1. The van der Waals surface area contributed by atoms with Crippen LogP contribution in [0.2, 0.25) is 0 Å². The molecule has 2 heteroatoms. The lowest BCUT2D eigenvalue weighted by molar-refractivity contribution is 0.114. The summed E-state index contributed by atoms with van der Waals surface area (Å²) < 4.78 is 0. The van der Waals surface area contributed by atoms with Gasteiger partial charge in [0, 0.05) is 18.5 Å². The van der Waals surface area contributed by atoms with E-state index in [4.69, 9.17) is 0 Å². The van der Waals surface area contributed by atoms with Gasteiger partial charge in [0.25, 0.3) is 0 Å². The average molecular weight is 229 g/mol. The Hall–Kier alpha value is -1.12. The molecule has 4 atom stereocenters. The molecule has 1 aromatic rings. The third-order valence-corrected chi connectivity index (χ3v) is 4.08. The largest absolute Gasteiger partial charge is 0.391 e. The Kier molecular flexibility index (Phi) is 2.77. The SMILES string of the molecule is Cc1ccc(CNC2C3C=CC(C3)C2O)cc1. The molecule has 17 heavy (non-hydrogen) atoms. The summed E-state index contributed by atoms with van der Waals surface area (Å²) in [6.45, 7) is 2.95. The highest BCUT2D eigenvalue weighted by atomic mass is 16.3. The molecular weight excluding hydrogens is 210 g/mol. The molecule has 90 valence electrons. The number of rotatable bonds is 3. The van der Waals surface area contributed by atoms with E-state index in [0.29, 0.717) is 11.8 Å². The molecule has 1 saturated carbocycles. The molecule has 0 aliphatic heterocycles. The Bertz CT molecular complexity index is 423. The van der Waals surface area contributed by atoms with Gasteiger partial charge in [-0.3, -0.25) is 0 Å². The van der Waals surface area contributed by atoms with Crippen LogP contribution in [0.5, 0.6) is 0 Å². The van der Waals surface area contributed by atoms with E-state index in [1.807, 2.05) is 0 Å². The first-order valence-electron chi connectivity index (χ1n) is 6.39. The standard InChI is InChI=1S/C15H19NO/c1-10-2-4-11(5-3-10)9-16-14-12-6-7-13(8-12)15(14)17/h2-7,12-17H,8-9H2,1H3. The molecule has 0 saturated heterocycles. The molecule has 2 N–H and O–H groups in total. The summed E-state index contributed by atoms with van der Waals surface area (Å²) in [5.74, 6) is 0.913. The number of aliphatic hydroxyl groups excluding tert-OH is 1. The topological polar surface area (TPSA) is 32.3 Å². The summed E-state index contributed by atoms with van der Waals surface area (Å²) in [6.07, 6.45) is 5.34. The van der Waals surface area contributed by atoms with Crippen LogP contribution in [-0.4, -0.2) is 17.3 Å². The fraction of sp³-hybridized carbons (Fsp3) is 0.467. The van der Waals surface area contributed by atoms with Crippen molar-refractivity contribution in [1.29, 1.82) is 0 Å². The first-order chi connectivity index (χ1) is 8.24. The van der Waals surface area contributed by atoms with Gasteiger partial charge in [-0.25, -0.2) is 0 Å². The van der Waals surface area contributed by atoms with E-state index >= 15 is 0 Å². The van der Waals surface area contributed by atoms with E-state index in [1.54, 1.807) is 0 Å². The van der Waals surface area contributed by atoms with Gasteiger partial charge in [-0.2, -0.15) is 0 Å². The Morgan fingerprint density at radius 3 is 2.53 bits per heavy atom. The van der Waals surface area contributed by atoms with Gasteiger partial charge in [-0.05, 0) is 24.8 Å². The van der Waals surface area contributed by atoms with Crippen molar-refractivity contribution in [3.05, 3.63) is 47.5 Å². The van der Waals surface area contributed by atoms with Gasteiger partial charge < -0.3 is 10.4 Å². The predicted molar refractivity (Wildman–Crippen MR) is 68.6 cm³/mol. The van der Waals surface area contributed by atoms with Crippen LogP contribution in [0.15, 0.2) is 36.4 Å². The van der Waals surface area contributed by atoms with Crippen LogP contribution >= 0.6 is 0 Å². The van der Waals surface area contributed by atoms with Crippen molar-refractivity contribution in [3.8, 4) is 0 Å². The van der Waals surface area contributed by atoms with Gasteiger partial charge >= 0.3 is 0 Å². The molecule has 3 rings (SSSR count). The van der Waals surface area contributed by atoms with Crippen molar-refractivity contribution in [1.82, 2.24) is 5.32 Å². The third kappa shape index (κ3) is 2.03. The van der Waals surface area contributed by atoms with Crippen LogP contribution in [0.3, 0.4) is 0 Å². The van der Waals surface area contributed by atoms with Crippen molar-refractivity contribution in [2.75, 3.05) is 0 Å². The Labute approximate surface area is 102 Å². The fourth-order valence-corrected chi connectivity index (χ4v) is 3.01. The molecule has 0 heterocycles. The maximum Gasteiger partial charge on any atom is 0.0761 e. The normalized spacial score (nSPS) is 34.5. The molecule has 2 aliphatic carbocycles. The van der Waals surface area contributed by atoms with Crippen molar-refractivity contribution < 1.29 is 5.11 Å². The maximum atomic E-state index is 10.1. The van der Waals surface area contributed by atoms with Gasteiger partial charge in [0.1, 0.15) is 0 Å². The van der Waals surface area contributed by atoms with Gasteiger partial charge in [-0.1, -0.05) is 42.0 Å². The second-order valence-corrected chi connectivity index (χ2v) is 5.33. The van der Waals surface area contributed by atoms with Crippen LogP contribution in [0.1, 0.15) is 17.5 Å². The number of fused-ring (bicyclic) bond motifs is 2. The van der Waals surface area contributed by atoms with Crippen molar-refractivity contribution in [2.45, 2.75) is 32.0 Å². The van der Waals surface area contributed by atoms with Crippen LogP contribution in [0.25, 0.3) is 0 Å². The highest BCUT2D eigenvalue weighted by molar-refractivity contribution is 5.22. The molecule has 1 fully saturated rings. The summed E-state index contributed by atoms with van der Waals surface area (Å²) in [4.78, 5) is 0. The monoisotopic (exact) mass is 229 g/mol. The number of hydrogen-bond donors (Lipinski definition) is 2. The van der Waals surface area contributed by atoms with E-state index in [1.165, 1.54) is 11.1 Å². The lowest BCUT2D eigenvalue weighted by atomic mass is 9.98. The zero-order valence-corrected chi connectivity index (χ0v) is 10.1. The number of hydrogen-bond acceptors (Lipinski definition) is 2. The average Bonchev–Trinajstić information content (AvgIpc) is 2.90. The lowest BCUT2D eigenvalue weighted by Gasteiger charge is -2.25. The van der Waals surface area contributed by atoms with E-state index in [-0.39, 0.29) is 12.1 Å². The Morgan fingerprint density at radius 1 is 1.18 bits per heavy atom. The minimum absolute atomic E-state index is 0.199. The smallest absolute Gasteiger partial charge is 0.0761 e. The minimum atomic E-state index is -0.199. The van der Waals surface area contributed by atoms with Crippen molar-refractivity contribution in [2.24, 2.45) is 11.8 Å². The number of aryl methyl sites for hydroxylation is 1. The molecule has 2 bridgehead atoms. The summed E-state index contributed by atoms with van der Waals surface area (Å²) in [7, 11) is 0. The molecule has 0 aromatic heterocycles. The zero-order valence-electron chi connectivity index (χ0n) is 10.1. The summed E-state index contributed by atoms with van der Waals surface area (Å²) in [5, 5.41) is 13.6. The highest BCUT2D eigenvalue weighted by Gasteiger charge is 2.43. The molecule has 0 spiro atoms. The van der Waals surface area contributed by atoms with E-state index in [2.05, 4.69) is 48.7 Å². The number of nitrogens with one attached hydrogen (secondary N) is 1. The molecule has 1 aromatic carbocycles. The first-order valence-corrected chi connectivity index (χ1v) is 6.39. The fourth-order valence-electron chi connectivity index (χ4n) is 3.01. The van der Waals surface area contributed by atoms with Crippen LogP contribution in [-0.2, 0) is 6.54 Å². The Balaban J connectivity index is 1.61. The lowest BCUT2D eigenvalue weighted by Crippen LogP contribution is -2.42. The molecule has 0 radical (unpaired) electrons. The van der Waals surface area contributed by atoms with E-state index in [0.717, 1.165) is 13.0 Å². The van der Waals surface area contributed by atoms with Crippen LogP contribution in [0.4, 0.5) is 0 Å². The Morgan fingerprint density at radius 2 is 1.88 bits per heavy atom. The molecular formula is C15H19NO. The van der Waals surface area contributed by atoms with Gasteiger partial charge in [0.05, 0.1) is 6.10 Å². The second-order valence-electron chi connectivity index (χ2n) is 5.33. The summed E-state index contributed by atoms with van der Waals surface area (Å²) in [6, 6.07) is 8.81. The summed E-state index contributed by atoms with van der Waals surface area (Å²) >= 11 is 0. The predicted octanol–water partition coefficient (Wildman–Crippen LogP) is 2.02. The number of benzene rings is 1. The quantitative estimate of drug-likeness (QED) is 0.777. The molecule has 2 nitrogen and oxygen atoms in total. The van der Waals surface area contributed by atoms with Crippen molar-refractivity contribution in [3.63, 3.8) is 0 Å².